The predicted molar refractivity (Wildman–Crippen MR) is 82.4 cm³/mol. The van der Waals surface area contributed by atoms with Crippen molar-refractivity contribution in [2.24, 2.45) is 5.92 Å². The fourth-order valence-electron chi connectivity index (χ4n) is 2.88. The normalized spacial score (nSPS) is 19.6. The number of nitrogens with zero attached hydrogens (tertiary/aromatic N) is 2. The molecule has 1 N–H and O–H groups in total. The lowest BCUT2D eigenvalue weighted by atomic mass is 9.90. The second-order valence-corrected chi connectivity index (χ2v) is 5.96. The molecule has 0 spiro atoms. The molecule has 1 aliphatic rings. The topological polar surface area (TPSA) is 49.0 Å². The van der Waals surface area contributed by atoms with Crippen molar-refractivity contribution >= 4 is 17.4 Å². The SMILES string of the molecule is O=C(c1ccc(Cl)cc1)C1CCCN(Cc2ccn[nH]2)C1. The van der Waals surface area contributed by atoms with Crippen LogP contribution in [0.3, 0.4) is 0 Å². The molecule has 0 amide bonds. The summed E-state index contributed by atoms with van der Waals surface area (Å²) in [4.78, 5) is 14.9. The summed E-state index contributed by atoms with van der Waals surface area (Å²) in [7, 11) is 0. The summed E-state index contributed by atoms with van der Waals surface area (Å²) in [6.07, 6.45) is 3.77. The first-order chi connectivity index (χ1) is 10.2. The molecule has 1 atom stereocenters. The number of piperidine rings is 1. The molecule has 1 unspecified atom stereocenters. The molecule has 5 heteroatoms. The number of halogens is 1. The summed E-state index contributed by atoms with van der Waals surface area (Å²) in [5, 5.41) is 7.60. The summed E-state index contributed by atoms with van der Waals surface area (Å²) >= 11 is 5.88. The minimum absolute atomic E-state index is 0.0721. The first kappa shape index (κ1) is 14.3. The Kier molecular flexibility index (Phi) is 4.36. The van der Waals surface area contributed by atoms with Crippen LogP contribution in [0.4, 0.5) is 0 Å². The van der Waals surface area contributed by atoms with Crippen LogP contribution in [-0.4, -0.2) is 34.0 Å². The number of rotatable bonds is 4. The molecular formula is C16H18ClN3O. The van der Waals surface area contributed by atoms with Crippen LogP contribution >= 0.6 is 11.6 Å². The Morgan fingerprint density at radius 3 is 2.86 bits per heavy atom. The van der Waals surface area contributed by atoms with Gasteiger partial charge >= 0.3 is 0 Å². The van der Waals surface area contributed by atoms with Gasteiger partial charge in [-0.1, -0.05) is 11.6 Å². The lowest BCUT2D eigenvalue weighted by molar-refractivity contribution is 0.0810. The molecule has 0 saturated carbocycles. The number of carbonyl (C=O) groups is 1. The molecule has 2 heterocycles. The lowest BCUT2D eigenvalue weighted by Crippen LogP contribution is -2.38. The molecule has 0 radical (unpaired) electrons. The quantitative estimate of drug-likeness (QED) is 0.883. The summed E-state index contributed by atoms with van der Waals surface area (Å²) in [5.74, 6) is 0.295. The monoisotopic (exact) mass is 303 g/mol. The molecule has 2 aromatic rings. The van der Waals surface area contributed by atoms with Crippen LogP contribution in [-0.2, 0) is 6.54 Å². The highest BCUT2D eigenvalue weighted by atomic mass is 35.5. The Bertz CT molecular complexity index is 594. The van der Waals surface area contributed by atoms with E-state index in [9.17, 15) is 4.79 Å². The third-order valence-corrected chi connectivity index (χ3v) is 4.21. The van der Waals surface area contributed by atoms with Crippen LogP contribution < -0.4 is 0 Å². The number of hydrogen-bond donors (Lipinski definition) is 1. The van der Waals surface area contributed by atoms with Gasteiger partial charge < -0.3 is 0 Å². The third-order valence-electron chi connectivity index (χ3n) is 3.96. The van der Waals surface area contributed by atoms with Crippen molar-refractivity contribution in [2.45, 2.75) is 19.4 Å². The van der Waals surface area contributed by atoms with E-state index in [0.29, 0.717) is 5.02 Å². The smallest absolute Gasteiger partial charge is 0.167 e. The maximum absolute atomic E-state index is 12.6. The molecule has 1 saturated heterocycles. The van der Waals surface area contributed by atoms with Gasteiger partial charge in [0, 0.05) is 41.5 Å². The van der Waals surface area contributed by atoms with Gasteiger partial charge in [0.25, 0.3) is 0 Å². The van der Waals surface area contributed by atoms with Crippen molar-refractivity contribution in [1.82, 2.24) is 15.1 Å². The molecule has 21 heavy (non-hydrogen) atoms. The zero-order chi connectivity index (χ0) is 14.7. The van der Waals surface area contributed by atoms with Gasteiger partial charge in [-0.15, -0.1) is 0 Å². The van der Waals surface area contributed by atoms with Gasteiger partial charge in [-0.2, -0.15) is 5.10 Å². The van der Waals surface area contributed by atoms with Crippen LogP contribution in [0, 0.1) is 5.92 Å². The number of carbonyl (C=O) groups excluding carboxylic acids is 1. The maximum atomic E-state index is 12.6. The van der Waals surface area contributed by atoms with E-state index in [0.717, 1.165) is 43.7 Å². The van der Waals surface area contributed by atoms with Crippen molar-refractivity contribution in [3.8, 4) is 0 Å². The van der Waals surface area contributed by atoms with E-state index in [1.807, 2.05) is 18.2 Å². The van der Waals surface area contributed by atoms with Crippen molar-refractivity contribution < 1.29 is 4.79 Å². The lowest BCUT2D eigenvalue weighted by Gasteiger charge is -2.31. The van der Waals surface area contributed by atoms with Crippen molar-refractivity contribution in [1.29, 1.82) is 0 Å². The molecule has 0 aliphatic carbocycles. The van der Waals surface area contributed by atoms with Crippen LogP contribution in [0.25, 0.3) is 0 Å². The van der Waals surface area contributed by atoms with Gasteiger partial charge in [-0.3, -0.25) is 14.8 Å². The average Bonchev–Trinajstić information content (AvgIpc) is 3.00. The molecule has 4 nitrogen and oxygen atoms in total. The molecule has 0 bridgehead atoms. The highest BCUT2D eigenvalue weighted by Gasteiger charge is 2.26. The van der Waals surface area contributed by atoms with E-state index in [4.69, 9.17) is 11.6 Å². The average molecular weight is 304 g/mol. The third kappa shape index (κ3) is 3.52. The summed E-state index contributed by atoms with van der Waals surface area (Å²) in [6, 6.07) is 9.17. The van der Waals surface area contributed by atoms with Crippen LogP contribution in [0.2, 0.25) is 5.02 Å². The first-order valence-corrected chi connectivity index (χ1v) is 7.60. The van der Waals surface area contributed by atoms with E-state index in [1.54, 1.807) is 18.3 Å². The Balaban J connectivity index is 1.65. The number of aromatic amines is 1. The van der Waals surface area contributed by atoms with Crippen LogP contribution in [0.5, 0.6) is 0 Å². The van der Waals surface area contributed by atoms with E-state index >= 15 is 0 Å². The number of benzene rings is 1. The zero-order valence-corrected chi connectivity index (χ0v) is 12.5. The molecule has 1 aliphatic heterocycles. The highest BCUT2D eigenvalue weighted by Crippen LogP contribution is 2.22. The molecule has 3 rings (SSSR count). The Morgan fingerprint density at radius 2 is 2.14 bits per heavy atom. The van der Waals surface area contributed by atoms with Gasteiger partial charge in [0.05, 0.1) is 0 Å². The van der Waals surface area contributed by atoms with Crippen molar-refractivity contribution in [2.75, 3.05) is 13.1 Å². The number of likely N-dealkylation sites (tertiary alicyclic amines) is 1. The second-order valence-electron chi connectivity index (χ2n) is 5.53. The number of Topliss-reactive ketones (excluding diaryl/α,β-unsaturated/α-hetero) is 1. The van der Waals surface area contributed by atoms with Gasteiger partial charge in [-0.05, 0) is 49.7 Å². The molecule has 1 fully saturated rings. The van der Waals surface area contributed by atoms with Gasteiger partial charge in [-0.25, -0.2) is 0 Å². The first-order valence-electron chi connectivity index (χ1n) is 7.23. The van der Waals surface area contributed by atoms with Crippen molar-refractivity contribution in [3.05, 3.63) is 52.8 Å². The number of ketones is 1. The van der Waals surface area contributed by atoms with Crippen molar-refractivity contribution in [3.63, 3.8) is 0 Å². The van der Waals surface area contributed by atoms with E-state index in [1.165, 1.54) is 0 Å². The number of hydrogen-bond acceptors (Lipinski definition) is 3. The van der Waals surface area contributed by atoms with Gasteiger partial charge in [0.2, 0.25) is 0 Å². The van der Waals surface area contributed by atoms with E-state index in [2.05, 4.69) is 15.1 Å². The molecular weight excluding hydrogens is 286 g/mol. The largest absolute Gasteiger partial charge is 0.297 e. The fraction of sp³-hybridized carbons (Fsp3) is 0.375. The minimum atomic E-state index is 0.0721. The van der Waals surface area contributed by atoms with Crippen LogP contribution in [0.15, 0.2) is 36.5 Å². The minimum Gasteiger partial charge on any atom is -0.297 e. The second kappa shape index (κ2) is 6.41. The molecule has 1 aromatic carbocycles. The highest BCUT2D eigenvalue weighted by molar-refractivity contribution is 6.30. The summed E-state index contributed by atoms with van der Waals surface area (Å²) in [5.41, 5.74) is 1.85. The number of H-pyrrole nitrogens is 1. The predicted octanol–water partition coefficient (Wildman–Crippen LogP) is 3.16. The van der Waals surface area contributed by atoms with E-state index < -0.39 is 0 Å². The summed E-state index contributed by atoms with van der Waals surface area (Å²) < 4.78 is 0. The van der Waals surface area contributed by atoms with Gasteiger partial charge in [0.15, 0.2) is 5.78 Å². The maximum Gasteiger partial charge on any atom is 0.167 e. The molecule has 1 aromatic heterocycles. The zero-order valence-electron chi connectivity index (χ0n) is 11.8. The molecule has 110 valence electrons. The van der Waals surface area contributed by atoms with E-state index in [-0.39, 0.29) is 11.7 Å². The van der Waals surface area contributed by atoms with Gasteiger partial charge in [0.1, 0.15) is 0 Å². The summed E-state index contributed by atoms with van der Waals surface area (Å²) in [6.45, 7) is 2.66. The fourth-order valence-corrected chi connectivity index (χ4v) is 3.00. The standard InChI is InChI=1S/C16H18ClN3O/c17-14-5-3-12(4-6-14)16(21)13-2-1-9-20(10-13)11-15-7-8-18-19-15/h3-8,13H,1-2,9-11H2,(H,18,19). The Labute approximate surface area is 129 Å². The number of aromatic nitrogens is 2. The van der Waals surface area contributed by atoms with Crippen LogP contribution in [0.1, 0.15) is 28.9 Å². The Hall–Kier alpha value is -1.65. The Morgan fingerprint density at radius 1 is 1.33 bits per heavy atom. The number of nitrogens with one attached hydrogen (secondary N) is 1.